The highest BCUT2D eigenvalue weighted by atomic mass is 79.9. The Morgan fingerprint density at radius 3 is 2.57 bits per heavy atom. The van der Waals surface area contributed by atoms with Gasteiger partial charge in [0.15, 0.2) is 0 Å². The highest BCUT2D eigenvalue weighted by Crippen LogP contribution is 2.28. The van der Waals surface area contributed by atoms with E-state index in [-0.39, 0.29) is 6.10 Å². The topological polar surface area (TPSA) is 20.2 Å². The second-order valence-electron chi connectivity index (χ2n) is 4.17. The summed E-state index contributed by atoms with van der Waals surface area (Å²) in [7, 11) is 0. The molecule has 1 aromatic rings. The maximum atomic E-state index is 9.97. The first kappa shape index (κ1) is 11.7. The van der Waals surface area contributed by atoms with Crippen molar-refractivity contribution < 1.29 is 5.11 Å². The summed E-state index contributed by atoms with van der Waals surface area (Å²) in [6.07, 6.45) is 0.450. The van der Waals surface area contributed by atoms with Crippen LogP contribution in [-0.2, 0) is 0 Å². The molecule has 1 aromatic carbocycles. The van der Waals surface area contributed by atoms with Crippen molar-refractivity contribution in [2.45, 2.75) is 33.3 Å². The first-order valence-electron chi connectivity index (χ1n) is 4.95. The van der Waals surface area contributed by atoms with Crippen LogP contribution in [0.5, 0.6) is 0 Å². The Labute approximate surface area is 94.3 Å². The second-order valence-corrected chi connectivity index (χ2v) is 5.02. The average Bonchev–Trinajstić information content (AvgIpc) is 2.08. The van der Waals surface area contributed by atoms with Crippen LogP contribution in [0.3, 0.4) is 0 Å². The van der Waals surface area contributed by atoms with Crippen LogP contribution in [-0.4, -0.2) is 5.11 Å². The number of halogens is 1. The van der Waals surface area contributed by atoms with Crippen LogP contribution < -0.4 is 0 Å². The number of benzene rings is 1. The lowest BCUT2D eigenvalue weighted by atomic mass is 9.98. The molecule has 1 rings (SSSR count). The molecule has 0 aliphatic rings. The van der Waals surface area contributed by atoms with Crippen LogP contribution in [0.4, 0.5) is 0 Å². The zero-order valence-electron chi connectivity index (χ0n) is 8.92. The third kappa shape index (κ3) is 3.10. The fourth-order valence-corrected chi connectivity index (χ4v) is 2.00. The maximum Gasteiger partial charge on any atom is 0.0803 e. The van der Waals surface area contributed by atoms with Gasteiger partial charge < -0.3 is 5.11 Å². The van der Waals surface area contributed by atoms with Crippen LogP contribution in [0.1, 0.15) is 37.5 Å². The second kappa shape index (κ2) is 4.94. The molecule has 0 bridgehead atoms. The molecule has 1 nitrogen and oxygen atoms in total. The lowest BCUT2D eigenvalue weighted by molar-refractivity contribution is 0.150. The van der Waals surface area contributed by atoms with Crippen LogP contribution in [0, 0.1) is 12.8 Å². The Morgan fingerprint density at radius 2 is 2.00 bits per heavy atom. The molecule has 1 unspecified atom stereocenters. The number of hydrogen-bond donors (Lipinski definition) is 1. The van der Waals surface area contributed by atoms with Crippen molar-refractivity contribution in [2.75, 3.05) is 0 Å². The summed E-state index contributed by atoms with van der Waals surface area (Å²) in [5.74, 6) is 0.511. The first-order chi connectivity index (χ1) is 6.50. The summed E-state index contributed by atoms with van der Waals surface area (Å²) in [5.41, 5.74) is 2.18. The van der Waals surface area contributed by atoms with Gasteiger partial charge in [-0.25, -0.2) is 0 Å². The normalized spacial score (nSPS) is 13.3. The lowest BCUT2D eigenvalue weighted by Crippen LogP contribution is -2.03. The molecule has 14 heavy (non-hydrogen) atoms. The van der Waals surface area contributed by atoms with Crippen LogP contribution in [0.2, 0.25) is 0 Å². The summed E-state index contributed by atoms with van der Waals surface area (Å²) >= 11 is 3.46. The van der Waals surface area contributed by atoms with Gasteiger partial charge in [-0.2, -0.15) is 0 Å². The molecule has 0 saturated heterocycles. The molecular weight excluding hydrogens is 240 g/mol. The molecule has 0 saturated carbocycles. The monoisotopic (exact) mass is 256 g/mol. The SMILES string of the molecule is Cc1ccc(Br)c(C(O)CC(C)C)c1. The molecule has 0 aliphatic heterocycles. The first-order valence-corrected chi connectivity index (χ1v) is 5.74. The molecule has 1 N–H and O–H groups in total. The lowest BCUT2D eigenvalue weighted by Gasteiger charge is -2.15. The molecular formula is C12H17BrO. The largest absolute Gasteiger partial charge is 0.388 e. The quantitative estimate of drug-likeness (QED) is 0.872. The van der Waals surface area contributed by atoms with Crippen molar-refractivity contribution in [3.8, 4) is 0 Å². The van der Waals surface area contributed by atoms with Crippen LogP contribution in [0.15, 0.2) is 22.7 Å². The van der Waals surface area contributed by atoms with E-state index in [2.05, 4.69) is 29.8 Å². The van der Waals surface area contributed by atoms with Crippen molar-refractivity contribution in [1.82, 2.24) is 0 Å². The number of aryl methyl sites for hydroxylation is 1. The van der Waals surface area contributed by atoms with Crippen molar-refractivity contribution in [2.24, 2.45) is 5.92 Å². The van der Waals surface area contributed by atoms with E-state index in [9.17, 15) is 5.11 Å². The number of aliphatic hydroxyl groups excluding tert-OH is 1. The molecule has 0 amide bonds. The van der Waals surface area contributed by atoms with E-state index in [1.165, 1.54) is 5.56 Å². The van der Waals surface area contributed by atoms with Gasteiger partial charge in [0, 0.05) is 4.47 Å². The van der Waals surface area contributed by atoms with Gasteiger partial charge in [-0.05, 0) is 30.9 Å². The maximum absolute atomic E-state index is 9.97. The summed E-state index contributed by atoms with van der Waals surface area (Å²) in [6, 6.07) is 6.07. The van der Waals surface area contributed by atoms with E-state index >= 15 is 0 Å². The average molecular weight is 257 g/mol. The summed E-state index contributed by atoms with van der Waals surface area (Å²) in [5, 5.41) is 9.97. The molecule has 1 atom stereocenters. The number of rotatable bonds is 3. The van der Waals surface area contributed by atoms with Gasteiger partial charge in [-0.15, -0.1) is 0 Å². The van der Waals surface area contributed by atoms with E-state index < -0.39 is 0 Å². The van der Waals surface area contributed by atoms with E-state index in [0.29, 0.717) is 5.92 Å². The Morgan fingerprint density at radius 1 is 1.36 bits per heavy atom. The van der Waals surface area contributed by atoms with Gasteiger partial charge in [-0.3, -0.25) is 0 Å². The Hall–Kier alpha value is -0.340. The number of aliphatic hydroxyl groups is 1. The fraction of sp³-hybridized carbons (Fsp3) is 0.500. The van der Waals surface area contributed by atoms with E-state index in [1.807, 2.05) is 25.1 Å². The van der Waals surface area contributed by atoms with Crippen LogP contribution >= 0.6 is 15.9 Å². The van der Waals surface area contributed by atoms with Crippen molar-refractivity contribution in [3.05, 3.63) is 33.8 Å². The molecule has 2 heteroatoms. The summed E-state index contributed by atoms with van der Waals surface area (Å²) in [4.78, 5) is 0. The van der Waals surface area contributed by atoms with E-state index in [1.54, 1.807) is 0 Å². The summed E-state index contributed by atoms with van der Waals surface area (Å²) in [6.45, 7) is 6.28. The molecule has 0 radical (unpaired) electrons. The van der Waals surface area contributed by atoms with Crippen molar-refractivity contribution >= 4 is 15.9 Å². The predicted octanol–water partition coefficient (Wildman–Crippen LogP) is 3.84. The smallest absolute Gasteiger partial charge is 0.0803 e. The molecule has 0 fully saturated rings. The minimum Gasteiger partial charge on any atom is -0.388 e. The summed E-state index contributed by atoms with van der Waals surface area (Å²) < 4.78 is 0.997. The zero-order valence-corrected chi connectivity index (χ0v) is 10.5. The molecule has 0 heterocycles. The predicted molar refractivity (Wildman–Crippen MR) is 63.3 cm³/mol. The molecule has 0 spiro atoms. The van der Waals surface area contributed by atoms with Gasteiger partial charge >= 0.3 is 0 Å². The molecule has 78 valence electrons. The minimum absolute atomic E-state index is 0.357. The van der Waals surface area contributed by atoms with Gasteiger partial charge in [0.25, 0.3) is 0 Å². The third-order valence-electron chi connectivity index (χ3n) is 2.21. The van der Waals surface area contributed by atoms with Crippen molar-refractivity contribution in [3.63, 3.8) is 0 Å². The van der Waals surface area contributed by atoms with Gasteiger partial charge in [0.05, 0.1) is 6.10 Å². The van der Waals surface area contributed by atoms with E-state index in [0.717, 1.165) is 16.5 Å². The standard InChI is InChI=1S/C12H17BrO/c1-8(2)6-12(14)10-7-9(3)4-5-11(10)13/h4-5,7-8,12,14H,6H2,1-3H3. The fourth-order valence-electron chi connectivity index (χ4n) is 1.49. The Kier molecular flexibility index (Phi) is 4.14. The third-order valence-corrected chi connectivity index (χ3v) is 2.93. The highest BCUT2D eigenvalue weighted by Gasteiger charge is 2.12. The Balaban J connectivity index is 2.88. The van der Waals surface area contributed by atoms with Crippen LogP contribution in [0.25, 0.3) is 0 Å². The molecule has 0 aliphatic carbocycles. The molecule has 0 aromatic heterocycles. The Bertz CT molecular complexity index is 307. The van der Waals surface area contributed by atoms with Crippen molar-refractivity contribution in [1.29, 1.82) is 0 Å². The number of hydrogen-bond acceptors (Lipinski definition) is 1. The highest BCUT2D eigenvalue weighted by molar-refractivity contribution is 9.10. The minimum atomic E-state index is -0.357. The van der Waals surface area contributed by atoms with Gasteiger partial charge in [-0.1, -0.05) is 47.5 Å². The van der Waals surface area contributed by atoms with Gasteiger partial charge in [0.2, 0.25) is 0 Å². The van der Waals surface area contributed by atoms with Gasteiger partial charge in [0.1, 0.15) is 0 Å². The van der Waals surface area contributed by atoms with E-state index in [4.69, 9.17) is 0 Å². The zero-order chi connectivity index (χ0) is 10.7.